The van der Waals surface area contributed by atoms with E-state index < -0.39 is 11.9 Å². The van der Waals surface area contributed by atoms with Gasteiger partial charge in [0.1, 0.15) is 0 Å². The van der Waals surface area contributed by atoms with Crippen LogP contribution in [0.5, 0.6) is 11.5 Å². The molecule has 1 aromatic heterocycles. The third-order valence-corrected chi connectivity index (χ3v) is 4.99. The summed E-state index contributed by atoms with van der Waals surface area (Å²) in [4.78, 5) is 29.2. The second-order valence-corrected chi connectivity index (χ2v) is 7.30. The first-order valence-electron chi connectivity index (χ1n) is 9.65. The largest absolute Gasteiger partial charge is 0.454 e. The van der Waals surface area contributed by atoms with Crippen molar-refractivity contribution in [1.29, 1.82) is 0 Å². The molecule has 154 valence electrons. The maximum absolute atomic E-state index is 12.5. The highest BCUT2D eigenvalue weighted by Crippen LogP contribution is 2.34. The van der Waals surface area contributed by atoms with Crippen molar-refractivity contribution in [2.75, 3.05) is 13.4 Å². The Morgan fingerprint density at radius 3 is 2.73 bits per heavy atom. The molecule has 2 heterocycles. The van der Waals surface area contributed by atoms with Crippen molar-refractivity contribution in [3.05, 3.63) is 64.8 Å². The summed E-state index contributed by atoms with van der Waals surface area (Å²) in [5, 5.41) is 3.67. The molecule has 2 aromatic carbocycles. The Morgan fingerprint density at radius 1 is 1.10 bits per heavy atom. The highest BCUT2D eigenvalue weighted by Gasteiger charge is 2.19. The van der Waals surface area contributed by atoms with E-state index in [1.54, 1.807) is 19.1 Å². The van der Waals surface area contributed by atoms with E-state index in [0.29, 0.717) is 22.8 Å². The predicted molar refractivity (Wildman–Crippen MR) is 111 cm³/mol. The number of aryl methyl sites for hydroxylation is 2. The zero-order chi connectivity index (χ0) is 21.3. The average Bonchev–Trinajstić information content (AvgIpc) is 3.19. The number of amides is 1. The van der Waals surface area contributed by atoms with Crippen molar-refractivity contribution in [2.45, 2.75) is 26.8 Å². The first-order valence-corrected chi connectivity index (χ1v) is 9.65. The fourth-order valence-corrected chi connectivity index (χ4v) is 3.36. The topological polar surface area (TPSA) is 86.8 Å². The standard InChI is InChI=1S/C23H22N2O5/c1-13-4-6-19-17(8-13)9-18(15(3)24-19)23(27)28-11-22(26)25-14(2)16-5-7-20-21(10-16)30-12-29-20/h4-10,14H,11-12H2,1-3H3,(H,25,26). The smallest absolute Gasteiger partial charge is 0.340 e. The van der Waals surface area contributed by atoms with Gasteiger partial charge in [0, 0.05) is 5.39 Å². The van der Waals surface area contributed by atoms with Gasteiger partial charge in [0.05, 0.1) is 22.8 Å². The average molecular weight is 406 g/mol. The van der Waals surface area contributed by atoms with Gasteiger partial charge in [-0.15, -0.1) is 0 Å². The van der Waals surface area contributed by atoms with Gasteiger partial charge in [0.25, 0.3) is 5.91 Å². The van der Waals surface area contributed by atoms with E-state index in [9.17, 15) is 9.59 Å². The lowest BCUT2D eigenvalue weighted by Crippen LogP contribution is -2.31. The molecule has 0 saturated heterocycles. The molecule has 1 N–H and O–H groups in total. The fraction of sp³-hybridized carbons (Fsp3) is 0.261. The lowest BCUT2D eigenvalue weighted by molar-refractivity contribution is -0.124. The van der Waals surface area contributed by atoms with Crippen molar-refractivity contribution in [3.8, 4) is 11.5 Å². The highest BCUT2D eigenvalue weighted by molar-refractivity contribution is 5.96. The lowest BCUT2D eigenvalue weighted by Gasteiger charge is -2.15. The van der Waals surface area contributed by atoms with Gasteiger partial charge in [-0.1, -0.05) is 17.7 Å². The van der Waals surface area contributed by atoms with Gasteiger partial charge in [0.2, 0.25) is 6.79 Å². The van der Waals surface area contributed by atoms with E-state index in [1.165, 1.54) is 0 Å². The Bertz CT molecular complexity index is 1140. The monoisotopic (exact) mass is 406 g/mol. The van der Waals surface area contributed by atoms with Crippen molar-refractivity contribution in [2.24, 2.45) is 0 Å². The predicted octanol–water partition coefficient (Wildman–Crippen LogP) is 3.61. The number of benzene rings is 2. The SMILES string of the molecule is Cc1ccc2nc(C)c(C(=O)OCC(=O)NC(C)c3ccc4c(c3)OCO4)cc2c1. The van der Waals surface area contributed by atoms with Crippen LogP contribution >= 0.6 is 0 Å². The van der Waals surface area contributed by atoms with Crippen molar-refractivity contribution in [1.82, 2.24) is 10.3 Å². The molecule has 0 radical (unpaired) electrons. The van der Waals surface area contributed by atoms with Crippen molar-refractivity contribution < 1.29 is 23.8 Å². The van der Waals surface area contributed by atoms with Crippen LogP contribution in [0.15, 0.2) is 42.5 Å². The summed E-state index contributed by atoms with van der Waals surface area (Å²) in [7, 11) is 0. The van der Waals surface area contributed by atoms with E-state index in [4.69, 9.17) is 14.2 Å². The Labute approximate surface area is 174 Å². The third kappa shape index (κ3) is 4.05. The number of esters is 1. The molecule has 1 amide bonds. The van der Waals surface area contributed by atoms with Crippen LogP contribution in [0.2, 0.25) is 0 Å². The number of carbonyl (C=O) groups excluding carboxylic acids is 2. The van der Waals surface area contributed by atoms with Crippen LogP contribution in [0.1, 0.15) is 40.1 Å². The zero-order valence-corrected chi connectivity index (χ0v) is 17.0. The fourth-order valence-electron chi connectivity index (χ4n) is 3.36. The van der Waals surface area contributed by atoms with E-state index in [2.05, 4.69) is 10.3 Å². The van der Waals surface area contributed by atoms with E-state index in [-0.39, 0.29) is 19.4 Å². The zero-order valence-electron chi connectivity index (χ0n) is 17.0. The van der Waals surface area contributed by atoms with Gasteiger partial charge in [-0.3, -0.25) is 9.78 Å². The van der Waals surface area contributed by atoms with E-state index >= 15 is 0 Å². The van der Waals surface area contributed by atoms with Crippen LogP contribution in [0.4, 0.5) is 0 Å². The second kappa shape index (κ2) is 8.02. The third-order valence-electron chi connectivity index (χ3n) is 4.99. The highest BCUT2D eigenvalue weighted by atomic mass is 16.7. The maximum Gasteiger partial charge on any atom is 0.340 e. The van der Waals surface area contributed by atoms with Crippen LogP contribution in [0, 0.1) is 13.8 Å². The molecule has 0 fully saturated rings. The van der Waals surface area contributed by atoms with Crippen LogP contribution < -0.4 is 14.8 Å². The molecule has 30 heavy (non-hydrogen) atoms. The van der Waals surface area contributed by atoms with Gasteiger partial charge in [-0.2, -0.15) is 0 Å². The van der Waals surface area contributed by atoms with Gasteiger partial charge in [0.15, 0.2) is 18.1 Å². The summed E-state index contributed by atoms with van der Waals surface area (Å²) in [6.45, 7) is 5.38. The normalized spacial score (nSPS) is 13.2. The Hall–Kier alpha value is -3.61. The molecule has 0 bridgehead atoms. The summed E-state index contributed by atoms with van der Waals surface area (Å²) < 4.78 is 15.9. The molecule has 1 unspecified atom stereocenters. The van der Waals surface area contributed by atoms with Crippen LogP contribution in [-0.2, 0) is 9.53 Å². The minimum atomic E-state index is -0.575. The number of carbonyl (C=O) groups is 2. The number of hydrogen-bond acceptors (Lipinski definition) is 6. The maximum atomic E-state index is 12.5. The summed E-state index contributed by atoms with van der Waals surface area (Å²) in [6.07, 6.45) is 0. The number of rotatable bonds is 5. The number of hydrogen-bond donors (Lipinski definition) is 1. The molecular weight excluding hydrogens is 384 g/mol. The molecule has 0 aliphatic carbocycles. The number of nitrogens with zero attached hydrogens (tertiary/aromatic N) is 1. The van der Waals surface area contributed by atoms with Gasteiger partial charge < -0.3 is 19.5 Å². The minimum Gasteiger partial charge on any atom is -0.454 e. The van der Waals surface area contributed by atoms with E-state index in [0.717, 1.165) is 22.0 Å². The van der Waals surface area contributed by atoms with Gasteiger partial charge in [-0.25, -0.2) is 4.79 Å². The molecule has 1 aliphatic rings. The summed E-state index contributed by atoms with van der Waals surface area (Å²) in [6, 6.07) is 12.8. The number of ether oxygens (including phenoxy) is 3. The Balaban J connectivity index is 1.38. The minimum absolute atomic E-state index is 0.193. The molecule has 0 spiro atoms. The molecule has 1 aliphatic heterocycles. The van der Waals surface area contributed by atoms with Crippen LogP contribution in [-0.4, -0.2) is 30.3 Å². The number of pyridine rings is 1. The van der Waals surface area contributed by atoms with E-state index in [1.807, 2.05) is 44.2 Å². The number of aromatic nitrogens is 1. The number of nitrogens with one attached hydrogen (secondary N) is 1. The van der Waals surface area contributed by atoms with Crippen molar-refractivity contribution in [3.63, 3.8) is 0 Å². The molecular formula is C23H22N2O5. The first kappa shape index (κ1) is 19.7. The summed E-state index contributed by atoms with van der Waals surface area (Å²) in [5.74, 6) is 0.361. The van der Waals surface area contributed by atoms with Crippen molar-refractivity contribution >= 4 is 22.8 Å². The molecule has 0 saturated carbocycles. The van der Waals surface area contributed by atoms with Gasteiger partial charge in [-0.05, 0) is 56.7 Å². The molecule has 4 rings (SSSR count). The molecule has 7 nitrogen and oxygen atoms in total. The quantitative estimate of drug-likeness (QED) is 0.652. The molecule has 7 heteroatoms. The summed E-state index contributed by atoms with van der Waals surface area (Å²) >= 11 is 0. The Kier molecular flexibility index (Phi) is 5.27. The Morgan fingerprint density at radius 2 is 1.90 bits per heavy atom. The molecule has 1 atom stereocenters. The lowest BCUT2D eigenvalue weighted by atomic mass is 10.1. The molecule has 3 aromatic rings. The first-order chi connectivity index (χ1) is 14.4. The van der Waals surface area contributed by atoms with Crippen LogP contribution in [0.3, 0.4) is 0 Å². The number of fused-ring (bicyclic) bond motifs is 2. The van der Waals surface area contributed by atoms with Crippen LogP contribution in [0.25, 0.3) is 10.9 Å². The second-order valence-electron chi connectivity index (χ2n) is 7.30. The van der Waals surface area contributed by atoms with Gasteiger partial charge >= 0.3 is 5.97 Å². The summed E-state index contributed by atoms with van der Waals surface area (Å²) in [5.41, 5.74) is 3.66.